The van der Waals surface area contributed by atoms with Crippen LogP contribution in [-0.2, 0) is 16.4 Å². The van der Waals surface area contributed by atoms with Gasteiger partial charge in [-0.25, -0.2) is 13.4 Å². The zero-order valence-corrected chi connectivity index (χ0v) is 17.4. The Bertz CT molecular complexity index is 1140. The second kappa shape index (κ2) is 8.61. The molecule has 0 N–H and O–H groups in total. The van der Waals surface area contributed by atoms with E-state index in [0.29, 0.717) is 55.2 Å². The van der Waals surface area contributed by atoms with Crippen LogP contribution in [0.4, 0.5) is 14.5 Å². The summed E-state index contributed by atoms with van der Waals surface area (Å²) in [5.74, 6) is 0.0712. The van der Waals surface area contributed by atoms with Gasteiger partial charge in [-0.05, 0) is 54.3 Å². The molecule has 1 saturated heterocycles. The Balaban J connectivity index is 1.45. The largest absolute Gasteiger partial charge is 0.435 e. The van der Waals surface area contributed by atoms with Gasteiger partial charge in [0.2, 0.25) is 10.0 Å². The van der Waals surface area contributed by atoms with Gasteiger partial charge in [0, 0.05) is 26.2 Å². The number of nitrogens with zero attached hydrogens (tertiary/aromatic N) is 4. The molecule has 7 nitrogen and oxygen atoms in total. The summed E-state index contributed by atoms with van der Waals surface area (Å²) in [6.07, 6.45) is 4.00. The normalized spacial score (nSPS) is 17.1. The van der Waals surface area contributed by atoms with E-state index in [4.69, 9.17) is 5.26 Å². The Morgan fingerprint density at radius 1 is 1.10 bits per heavy atom. The van der Waals surface area contributed by atoms with E-state index in [-0.39, 0.29) is 5.75 Å². The molecule has 1 aliphatic heterocycles. The molecule has 162 valence electrons. The van der Waals surface area contributed by atoms with Crippen molar-refractivity contribution in [2.45, 2.75) is 19.5 Å². The van der Waals surface area contributed by atoms with Crippen molar-refractivity contribution < 1.29 is 21.9 Å². The number of hydrogen-bond acceptors (Lipinski definition) is 6. The van der Waals surface area contributed by atoms with Gasteiger partial charge in [-0.3, -0.25) is 0 Å². The van der Waals surface area contributed by atoms with Gasteiger partial charge >= 0.3 is 6.61 Å². The molecule has 1 aliphatic carbocycles. The van der Waals surface area contributed by atoms with Crippen LogP contribution in [0, 0.1) is 11.3 Å². The molecule has 0 saturated carbocycles. The number of alkyl halides is 2. The quantitative estimate of drug-likeness (QED) is 0.702. The van der Waals surface area contributed by atoms with Crippen LogP contribution in [0.25, 0.3) is 6.08 Å². The molecule has 31 heavy (non-hydrogen) atoms. The van der Waals surface area contributed by atoms with Crippen LogP contribution in [-0.4, -0.2) is 50.5 Å². The zero-order chi connectivity index (χ0) is 22.0. The Morgan fingerprint density at radius 3 is 2.52 bits per heavy atom. The summed E-state index contributed by atoms with van der Waals surface area (Å²) >= 11 is 0. The van der Waals surface area contributed by atoms with Crippen LogP contribution in [0.2, 0.25) is 0 Å². The van der Waals surface area contributed by atoms with Gasteiger partial charge in [-0.15, -0.1) is 0 Å². The third kappa shape index (κ3) is 4.52. The molecule has 4 rings (SSSR count). The van der Waals surface area contributed by atoms with Gasteiger partial charge in [0.15, 0.2) is 0 Å². The molecule has 0 unspecified atom stereocenters. The number of halogens is 2. The third-order valence-electron chi connectivity index (χ3n) is 5.43. The molecule has 1 fully saturated rings. The minimum absolute atomic E-state index is 0.0712. The Kier molecular flexibility index (Phi) is 5.89. The Labute approximate surface area is 179 Å². The predicted molar refractivity (Wildman–Crippen MR) is 111 cm³/mol. The fraction of sp³-hybridized carbons (Fsp3) is 0.333. The van der Waals surface area contributed by atoms with Gasteiger partial charge in [0.05, 0.1) is 16.8 Å². The number of piperazine rings is 1. The van der Waals surface area contributed by atoms with Crippen molar-refractivity contribution in [3.63, 3.8) is 0 Å². The summed E-state index contributed by atoms with van der Waals surface area (Å²) in [4.78, 5) is 6.43. The van der Waals surface area contributed by atoms with E-state index in [1.54, 1.807) is 24.4 Å². The standard InChI is InChI=1S/C21H20F2N4O3S/c22-21(23)30-19-5-1-16-12-20(6-2-15(16)11-19)31(28,29)27-9-7-26(8-10-27)18-4-3-17(13-24)25-14-18/h1,3-5,11-12,14,21H,2,6-10H2. The summed E-state index contributed by atoms with van der Waals surface area (Å²) in [5, 5.41) is 8.86. The number of anilines is 1. The van der Waals surface area contributed by atoms with E-state index in [2.05, 4.69) is 9.72 Å². The number of fused-ring (bicyclic) bond motifs is 1. The first-order valence-corrected chi connectivity index (χ1v) is 11.2. The summed E-state index contributed by atoms with van der Waals surface area (Å²) in [7, 11) is -3.62. The molecule has 10 heteroatoms. The van der Waals surface area contributed by atoms with Crippen molar-refractivity contribution in [1.29, 1.82) is 5.26 Å². The van der Waals surface area contributed by atoms with Crippen molar-refractivity contribution in [1.82, 2.24) is 9.29 Å². The van der Waals surface area contributed by atoms with E-state index in [1.807, 2.05) is 17.0 Å². The molecule has 2 aliphatic rings. The van der Waals surface area contributed by atoms with Gasteiger partial charge in [0.25, 0.3) is 0 Å². The lowest BCUT2D eigenvalue weighted by Crippen LogP contribution is -2.49. The van der Waals surface area contributed by atoms with E-state index in [9.17, 15) is 17.2 Å². The van der Waals surface area contributed by atoms with Crippen molar-refractivity contribution in [2.75, 3.05) is 31.1 Å². The molecule has 0 radical (unpaired) electrons. The topological polar surface area (TPSA) is 86.5 Å². The summed E-state index contributed by atoms with van der Waals surface area (Å²) in [6, 6.07) is 9.98. The first-order chi connectivity index (χ1) is 14.9. The van der Waals surface area contributed by atoms with Crippen molar-refractivity contribution >= 4 is 21.8 Å². The minimum atomic E-state index is -3.62. The van der Waals surface area contributed by atoms with Crippen molar-refractivity contribution in [2.24, 2.45) is 0 Å². The molecular formula is C21H20F2N4O3S. The van der Waals surface area contributed by atoms with Gasteiger partial charge in [-0.1, -0.05) is 6.07 Å². The lowest BCUT2D eigenvalue weighted by Gasteiger charge is -2.36. The third-order valence-corrected chi connectivity index (χ3v) is 7.46. The van der Waals surface area contributed by atoms with E-state index >= 15 is 0 Å². The minimum Gasteiger partial charge on any atom is -0.435 e. The number of aromatic nitrogens is 1. The highest BCUT2D eigenvalue weighted by Gasteiger charge is 2.31. The van der Waals surface area contributed by atoms with Crippen LogP contribution >= 0.6 is 0 Å². The number of benzene rings is 1. The van der Waals surface area contributed by atoms with E-state index in [0.717, 1.165) is 11.3 Å². The number of ether oxygens (including phenoxy) is 1. The Hall–Kier alpha value is -3.03. The van der Waals surface area contributed by atoms with Crippen LogP contribution in [0.15, 0.2) is 41.4 Å². The molecule has 2 heterocycles. The van der Waals surface area contributed by atoms with E-state index in [1.165, 1.54) is 16.4 Å². The average Bonchev–Trinajstić information content (AvgIpc) is 2.78. The monoisotopic (exact) mass is 446 g/mol. The molecule has 1 aromatic carbocycles. The SMILES string of the molecule is N#Cc1ccc(N2CCN(S(=O)(=O)C3=Cc4ccc(OC(F)F)cc4CC3)CC2)cn1. The number of allylic oxidation sites excluding steroid dienone is 1. The fourth-order valence-corrected chi connectivity index (χ4v) is 5.43. The summed E-state index contributed by atoms with van der Waals surface area (Å²) in [5.41, 5.74) is 2.68. The van der Waals surface area contributed by atoms with Crippen LogP contribution in [0.3, 0.4) is 0 Å². The molecule has 1 aromatic heterocycles. The molecule has 2 aromatic rings. The van der Waals surface area contributed by atoms with E-state index < -0.39 is 16.6 Å². The lowest BCUT2D eigenvalue weighted by molar-refractivity contribution is -0.0498. The van der Waals surface area contributed by atoms with Crippen LogP contribution in [0.1, 0.15) is 23.2 Å². The second-order valence-corrected chi connectivity index (χ2v) is 9.25. The number of pyridine rings is 1. The average molecular weight is 446 g/mol. The first-order valence-electron chi connectivity index (χ1n) is 9.76. The first kappa shape index (κ1) is 21.2. The smallest absolute Gasteiger partial charge is 0.387 e. The van der Waals surface area contributed by atoms with Gasteiger partial charge in [0.1, 0.15) is 17.5 Å². The second-order valence-electron chi connectivity index (χ2n) is 7.25. The van der Waals surface area contributed by atoms with Crippen LogP contribution < -0.4 is 9.64 Å². The maximum Gasteiger partial charge on any atom is 0.387 e. The number of hydrogen-bond donors (Lipinski definition) is 0. The number of rotatable bonds is 5. The molecular weight excluding hydrogens is 426 g/mol. The van der Waals surface area contributed by atoms with Gasteiger partial charge in [-0.2, -0.15) is 18.3 Å². The Morgan fingerprint density at radius 2 is 1.87 bits per heavy atom. The predicted octanol–water partition coefficient (Wildman–Crippen LogP) is 2.99. The zero-order valence-electron chi connectivity index (χ0n) is 16.5. The lowest BCUT2D eigenvalue weighted by atomic mass is 9.97. The maximum atomic E-state index is 13.2. The number of nitriles is 1. The summed E-state index contributed by atoms with van der Waals surface area (Å²) < 4.78 is 57.0. The highest BCUT2D eigenvalue weighted by atomic mass is 32.2. The van der Waals surface area contributed by atoms with Crippen LogP contribution in [0.5, 0.6) is 5.75 Å². The molecule has 0 amide bonds. The number of sulfonamides is 1. The highest BCUT2D eigenvalue weighted by molar-refractivity contribution is 7.93. The van der Waals surface area contributed by atoms with Gasteiger partial charge < -0.3 is 9.64 Å². The van der Waals surface area contributed by atoms with Crippen molar-refractivity contribution in [3.8, 4) is 11.8 Å². The molecule has 0 atom stereocenters. The number of aryl methyl sites for hydroxylation is 1. The summed E-state index contributed by atoms with van der Waals surface area (Å²) in [6.45, 7) is -1.18. The van der Waals surface area contributed by atoms with Crippen molar-refractivity contribution in [3.05, 3.63) is 58.3 Å². The molecule has 0 bridgehead atoms. The maximum absolute atomic E-state index is 13.2. The highest BCUT2D eigenvalue weighted by Crippen LogP contribution is 2.32. The fourth-order valence-electron chi connectivity index (χ4n) is 3.81. The molecule has 0 spiro atoms.